The van der Waals surface area contributed by atoms with E-state index >= 15 is 0 Å². The smallest absolute Gasteiger partial charge is 0.119 e. The first-order valence-corrected chi connectivity index (χ1v) is 8.23. The van der Waals surface area contributed by atoms with Gasteiger partial charge in [0.1, 0.15) is 5.75 Å². The fourth-order valence-electron chi connectivity index (χ4n) is 4.25. The van der Waals surface area contributed by atoms with Crippen LogP contribution in [-0.2, 0) is 6.42 Å². The third kappa shape index (κ3) is 2.58. The number of rotatable bonds is 3. The van der Waals surface area contributed by atoms with Gasteiger partial charge < -0.3 is 10.1 Å². The first-order valence-electron chi connectivity index (χ1n) is 8.23. The fourth-order valence-corrected chi connectivity index (χ4v) is 4.25. The van der Waals surface area contributed by atoms with Crippen LogP contribution < -0.4 is 10.1 Å². The van der Waals surface area contributed by atoms with Gasteiger partial charge in [0.05, 0.1) is 7.11 Å². The van der Waals surface area contributed by atoms with Crippen LogP contribution in [0, 0.1) is 11.8 Å². The summed E-state index contributed by atoms with van der Waals surface area (Å²) < 4.78 is 5.44. The summed E-state index contributed by atoms with van der Waals surface area (Å²) in [5.41, 5.74) is 3.02. The van der Waals surface area contributed by atoms with Crippen LogP contribution in [0.4, 0.5) is 0 Å². The van der Waals surface area contributed by atoms with Crippen LogP contribution in [0.15, 0.2) is 18.2 Å². The van der Waals surface area contributed by atoms with Crippen molar-refractivity contribution in [1.82, 2.24) is 5.32 Å². The predicted molar refractivity (Wildman–Crippen MR) is 83.2 cm³/mol. The lowest BCUT2D eigenvalue weighted by atomic mass is 9.71. The van der Waals surface area contributed by atoms with Gasteiger partial charge in [-0.3, -0.25) is 0 Å². The monoisotopic (exact) mass is 273 g/mol. The molecule has 0 amide bonds. The molecule has 3 unspecified atom stereocenters. The molecule has 1 aromatic carbocycles. The summed E-state index contributed by atoms with van der Waals surface area (Å²) in [6.07, 6.45) is 8.10. The quantitative estimate of drug-likeness (QED) is 0.895. The predicted octanol–water partition coefficient (Wildman–Crippen LogP) is 4.10. The van der Waals surface area contributed by atoms with Crippen LogP contribution in [0.5, 0.6) is 5.75 Å². The summed E-state index contributed by atoms with van der Waals surface area (Å²) >= 11 is 0. The number of hydrogen-bond acceptors (Lipinski definition) is 2. The van der Waals surface area contributed by atoms with E-state index in [9.17, 15) is 0 Å². The minimum absolute atomic E-state index is 0.541. The second kappa shape index (κ2) is 6.17. The van der Waals surface area contributed by atoms with E-state index in [0.29, 0.717) is 6.04 Å². The molecule has 110 valence electrons. The van der Waals surface area contributed by atoms with Gasteiger partial charge in [-0.25, -0.2) is 0 Å². The van der Waals surface area contributed by atoms with Crippen LogP contribution in [0.2, 0.25) is 0 Å². The molecule has 0 aromatic heterocycles. The van der Waals surface area contributed by atoms with E-state index in [-0.39, 0.29) is 0 Å². The Bertz CT molecular complexity index is 457. The average molecular weight is 273 g/mol. The average Bonchev–Trinajstić information content (AvgIpc) is 2.53. The summed E-state index contributed by atoms with van der Waals surface area (Å²) in [4.78, 5) is 0. The highest BCUT2D eigenvalue weighted by atomic mass is 16.5. The van der Waals surface area contributed by atoms with Crippen LogP contribution in [0.3, 0.4) is 0 Å². The lowest BCUT2D eigenvalue weighted by Gasteiger charge is -2.40. The second-order valence-corrected chi connectivity index (χ2v) is 6.36. The molecule has 20 heavy (non-hydrogen) atoms. The van der Waals surface area contributed by atoms with Crippen LogP contribution in [0.25, 0.3) is 0 Å². The zero-order valence-corrected chi connectivity index (χ0v) is 12.8. The molecule has 0 saturated heterocycles. The van der Waals surface area contributed by atoms with E-state index in [2.05, 4.69) is 30.4 Å². The Balaban J connectivity index is 1.91. The van der Waals surface area contributed by atoms with Gasteiger partial charge in [0.25, 0.3) is 0 Å². The van der Waals surface area contributed by atoms with Crippen molar-refractivity contribution < 1.29 is 4.74 Å². The van der Waals surface area contributed by atoms with E-state index in [4.69, 9.17) is 4.74 Å². The zero-order valence-electron chi connectivity index (χ0n) is 12.8. The highest BCUT2D eigenvalue weighted by Crippen LogP contribution is 2.42. The second-order valence-electron chi connectivity index (χ2n) is 6.36. The van der Waals surface area contributed by atoms with E-state index in [1.165, 1.54) is 43.2 Å². The molecule has 1 saturated carbocycles. The summed E-state index contributed by atoms with van der Waals surface area (Å²) in [5, 5.41) is 3.81. The molecule has 2 nitrogen and oxygen atoms in total. The summed E-state index contributed by atoms with van der Waals surface area (Å²) in [6.45, 7) is 3.48. The Morgan fingerprint density at radius 3 is 2.90 bits per heavy atom. The number of hydrogen-bond donors (Lipinski definition) is 1. The molecule has 1 aliphatic carbocycles. The molecule has 0 spiro atoms. The maximum atomic E-state index is 5.44. The third-order valence-corrected chi connectivity index (χ3v) is 5.37. The van der Waals surface area contributed by atoms with Crippen LogP contribution >= 0.6 is 0 Å². The lowest BCUT2D eigenvalue weighted by molar-refractivity contribution is 0.171. The summed E-state index contributed by atoms with van der Waals surface area (Å²) in [6, 6.07) is 7.19. The standard InChI is InChI=1S/C18H27NO/c1-3-13-6-4-5-7-16(13)18-17-12-15(20-2)9-8-14(17)10-11-19-18/h8-9,12-13,16,18-19H,3-7,10-11H2,1-2H3. The minimum Gasteiger partial charge on any atom is -0.497 e. The summed E-state index contributed by atoms with van der Waals surface area (Å²) in [7, 11) is 1.77. The van der Waals surface area contributed by atoms with E-state index in [0.717, 1.165) is 30.6 Å². The van der Waals surface area contributed by atoms with Gasteiger partial charge in [-0.1, -0.05) is 38.7 Å². The number of methoxy groups -OCH3 is 1. The zero-order chi connectivity index (χ0) is 13.9. The maximum absolute atomic E-state index is 5.44. The molecular formula is C18H27NO. The molecular weight excluding hydrogens is 246 g/mol. The molecule has 0 radical (unpaired) electrons. The van der Waals surface area contributed by atoms with Gasteiger partial charge in [0.2, 0.25) is 0 Å². The summed E-state index contributed by atoms with van der Waals surface area (Å²) in [5.74, 6) is 2.69. The van der Waals surface area contributed by atoms with Crippen LogP contribution in [-0.4, -0.2) is 13.7 Å². The Labute approximate surface area is 122 Å². The molecule has 1 aromatic rings. The third-order valence-electron chi connectivity index (χ3n) is 5.37. The Hall–Kier alpha value is -1.02. The molecule has 1 aliphatic heterocycles. The van der Waals surface area contributed by atoms with Crippen molar-refractivity contribution in [3.05, 3.63) is 29.3 Å². The Morgan fingerprint density at radius 1 is 1.25 bits per heavy atom. The normalized spacial score (nSPS) is 29.8. The Morgan fingerprint density at radius 2 is 2.10 bits per heavy atom. The number of nitrogens with one attached hydrogen (secondary N) is 1. The SMILES string of the molecule is CCC1CCCCC1C1NCCc2ccc(OC)cc21. The molecule has 1 N–H and O–H groups in total. The highest BCUT2D eigenvalue weighted by Gasteiger charge is 2.34. The van der Waals surface area contributed by atoms with Crippen molar-refractivity contribution in [2.45, 2.75) is 51.5 Å². The lowest BCUT2D eigenvalue weighted by Crippen LogP contribution is -2.38. The van der Waals surface area contributed by atoms with Crippen molar-refractivity contribution >= 4 is 0 Å². The van der Waals surface area contributed by atoms with E-state index in [1.54, 1.807) is 7.11 Å². The van der Waals surface area contributed by atoms with Crippen molar-refractivity contribution in [1.29, 1.82) is 0 Å². The van der Waals surface area contributed by atoms with Crippen LogP contribution in [0.1, 0.15) is 56.2 Å². The molecule has 1 heterocycles. The topological polar surface area (TPSA) is 21.3 Å². The minimum atomic E-state index is 0.541. The van der Waals surface area contributed by atoms with Gasteiger partial charge in [-0.15, -0.1) is 0 Å². The van der Waals surface area contributed by atoms with Gasteiger partial charge in [0, 0.05) is 6.04 Å². The molecule has 2 heteroatoms. The number of benzene rings is 1. The molecule has 3 atom stereocenters. The molecule has 3 rings (SSSR count). The van der Waals surface area contributed by atoms with E-state index in [1.807, 2.05) is 0 Å². The van der Waals surface area contributed by atoms with Crippen molar-refractivity contribution in [3.8, 4) is 5.75 Å². The maximum Gasteiger partial charge on any atom is 0.119 e. The highest BCUT2D eigenvalue weighted by molar-refractivity contribution is 5.39. The fraction of sp³-hybridized carbons (Fsp3) is 0.667. The number of ether oxygens (including phenoxy) is 1. The van der Waals surface area contributed by atoms with E-state index < -0.39 is 0 Å². The first-order chi connectivity index (χ1) is 9.83. The molecule has 0 bridgehead atoms. The molecule has 2 aliphatic rings. The van der Waals surface area contributed by atoms with Gasteiger partial charge in [-0.05, 0) is 54.5 Å². The van der Waals surface area contributed by atoms with Crippen molar-refractivity contribution in [3.63, 3.8) is 0 Å². The van der Waals surface area contributed by atoms with Gasteiger partial charge >= 0.3 is 0 Å². The van der Waals surface area contributed by atoms with Crippen molar-refractivity contribution in [2.75, 3.05) is 13.7 Å². The van der Waals surface area contributed by atoms with Gasteiger partial charge in [0.15, 0.2) is 0 Å². The molecule has 1 fully saturated rings. The number of fused-ring (bicyclic) bond motifs is 1. The largest absolute Gasteiger partial charge is 0.497 e. The van der Waals surface area contributed by atoms with Crippen molar-refractivity contribution in [2.24, 2.45) is 11.8 Å². The first kappa shape index (κ1) is 13.9. The Kier molecular flexibility index (Phi) is 4.30. The van der Waals surface area contributed by atoms with Gasteiger partial charge in [-0.2, -0.15) is 0 Å².